The van der Waals surface area contributed by atoms with Crippen molar-refractivity contribution in [2.75, 3.05) is 0 Å². The van der Waals surface area contributed by atoms with Gasteiger partial charge in [-0.1, -0.05) is 35.6 Å². The molecule has 2 heterocycles. The number of aromatic nitrogens is 3. The monoisotopic (exact) mass is 327 g/mol. The maximum absolute atomic E-state index is 12.0. The number of carbonyl (C=O) groups excluding carboxylic acids is 1. The second-order valence-corrected chi connectivity index (χ2v) is 6.24. The molecule has 0 fully saturated rings. The molecular weight excluding hydrogens is 310 g/mol. The predicted molar refractivity (Wildman–Crippen MR) is 88.7 cm³/mol. The second-order valence-electron chi connectivity index (χ2n) is 5.23. The molecule has 3 rings (SSSR count). The highest BCUT2D eigenvalue weighted by Crippen LogP contribution is 2.27. The van der Waals surface area contributed by atoms with Crippen molar-refractivity contribution in [3.05, 3.63) is 53.2 Å². The molecule has 0 bridgehead atoms. The van der Waals surface area contributed by atoms with Crippen molar-refractivity contribution in [3.63, 3.8) is 0 Å². The fraction of sp³-hybridized carbons (Fsp3) is 0.294. The molecule has 0 saturated heterocycles. The third-order valence-electron chi connectivity index (χ3n) is 3.40. The zero-order chi connectivity index (χ0) is 16.1. The topological polar surface area (TPSA) is 65.0 Å². The molecule has 2 aromatic heterocycles. The third kappa shape index (κ3) is 4.10. The Morgan fingerprint density at radius 1 is 1.35 bits per heavy atom. The van der Waals surface area contributed by atoms with Crippen LogP contribution in [0.25, 0.3) is 10.7 Å². The maximum atomic E-state index is 12.0. The fourth-order valence-electron chi connectivity index (χ4n) is 2.25. The summed E-state index contributed by atoms with van der Waals surface area (Å²) < 4.78 is 5.46. The van der Waals surface area contributed by atoms with Gasteiger partial charge >= 0.3 is 5.97 Å². The second kappa shape index (κ2) is 7.28. The van der Waals surface area contributed by atoms with Gasteiger partial charge in [-0.05, 0) is 37.5 Å². The predicted octanol–water partition coefficient (Wildman–Crippen LogP) is 3.87. The van der Waals surface area contributed by atoms with Crippen LogP contribution in [-0.4, -0.2) is 21.2 Å². The minimum Gasteiger partial charge on any atom is -0.455 e. The van der Waals surface area contributed by atoms with Gasteiger partial charge in [0.05, 0.1) is 6.42 Å². The largest absolute Gasteiger partial charge is 0.455 e. The van der Waals surface area contributed by atoms with Crippen molar-refractivity contribution in [2.24, 2.45) is 0 Å². The first kappa shape index (κ1) is 15.6. The molecular formula is C17H17N3O2S. The molecule has 0 radical (unpaired) electrons. The van der Waals surface area contributed by atoms with E-state index in [0.717, 1.165) is 29.1 Å². The van der Waals surface area contributed by atoms with Crippen LogP contribution < -0.4 is 0 Å². The van der Waals surface area contributed by atoms with Gasteiger partial charge < -0.3 is 4.74 Å². The van der Waals surface area contributed by atoms with Crippen molar-refractivity contribution in [1.29, 1.82) is 0 Å². The van der Waals surface area contributed by atoms with E-state index in [4.69, 9.17) is 4.74 Å². The molecule has 0 amide bonds. The molecule has 0 N–H and O–H groups in total. The number of rotatable bonds is 5. The number of ether oxygens (including phenoxy) is 1. The van der Waals surface area contributed by atoms with Gasteiger partial charge in [0.1, 0.15) is 5.69 Å². The third-order valence-corrected chi connectivity index (χ3v) is 4.51. The lowest BCUT2D eigenvalue weighted by atomic mass is 10.0. The van der Waals surface area contributed by atoms with Crippen molar-refractivity contribution >= 4 is 17.3 Å². The van der Waals surface area contributed by atoms with E-state index in [1.807, 2.05) is 31.2 Å². The van der Waals surface area contributed by atoms with E-state index in [9.17, 15) is 4.79 Å². The lowest BCUT2D eigenvalue weighted by Gasteiger charge is -2.11. The van der Waals surface area contributed by atoms with Gasteiger partial charge in [0, 0.05) is 6.20 Å². The minimum absolute atomic E-state index is 0.245. The van der Waals surface area contributed by atoms with Crippen molar-refractivity contribution < 1.29 is 9.53 Å². The Kier molecular flexibility index (Phi) is 4.92. The van der Waals surface area contributed by atoms with Crippen molar-refractivity contribution in [3.8, 4) is 10.7 Å². The minimum atomic E-state index is -0.411. The van der Waals surface area contributed by atoms with Gasteiger partial charge in [0.25, 0.3) is 0 Å². The average Bonchev–Trinajstić information content (AvgIpc) is 3.06. The van der Waals surface area contributed by atoms with Crippen LogP contribution in [0.5, 0.6) is 0 Å². The first-order valence-corrected chi connectivity index (χ1v) is 8.34. The molecule has 1 aliphatic carbocycles. The van der Waals surface area contributed by atoms with Crippen molar-refractivity contribution in [1.82, 2.24) is 15.2 Å². The van der Waals surface area contributed by atoms with Gasteiger partial charge in [0.15, 0.2) is 16.1 Å². The number of carbonyl (C=O) groups is 1. The maximum Gasteiger partial charge on any atom is 0.310 e. The van der Waals surface area contributed by atoms with Gasteiger partial charge in [0.2, 0.25) is 0 Å². The number of pyridine rings is 1. The molecule has 6 heteroatoms. The van der Waals surface area contributed by atoms with Crippen molar-refractivity contribution in [2.45, 2.75) is 32.3 Å². The van der Waals surface area contributed by atoms with Crippen LogP contribution in [-0.2, 0) is 9.53 Å². The summed E-state index contributed by atoms with van der Waals surface area (Å²) in [6.07, 6.45) is 9.77. The van der Waals surface area contributed by atoms with E-state index in [0.29, 0.717) is 11.4 Å². The lowest BCUT2D eigenvalue weighted by molar-refractivity contribution is -0.147. The number of hydrogen-bond acceptors (Lipinski definition) is 6. The van der Waals surface area contributed by atoms with Crippen LogP contribution in [0.15, 0.2) is 48.2 Å². The van der Waals surface area contributed by atoms with E-state index in [-0.39, 0.29) is 5.97 Å². The van der Waals surface area contributed by atoms with Crippen LogP contribution >= 0.6 is 11.3 Å². The fourth-order valence-corrected chi connectivity index (χ4v) is 3.05. The Labute approximate surface area is 138 Å². The summed E-state index contributed by atoms with van der Waals surface area (Å²) >= 11 is 1.39. The van der Waals surface area contributed by atoms with Crippen LogP contribution in [0.1, 0.15) is 37.3 Å². The quantitative estimate of drug-likeness (QED) is 0.780. The Hall–Kier alpha value is -2.34. The molecule has 23 heavy (non-hydrogen) atoms. The van der Waals surface area contributed by atoms with E-state index >= 15 is 0 Å². The number of nitrogens with zero attached hydrogens (tertiary/aromatic N) is 3. The zero-order valence-corrected chi connectivity index (χ0v) is 13.6. The highest BCUT2D eigenvalue weighted by atomic mass is 32.1. The summed E-state index contributed by atoms with van der Waals surface area (Å²) in [4.78, 5) is 16.3. The summed E-state index contributed by atoms with van der Waals surface area (Å²) in [5.74, 6) is -0.245. The molecule has 1 aliphatic rings. The average molecular weight is 327 g/mol. The summed E-state index contributed by atoms with van der Waals surface area (Å²) in [7, 11) is 0. The molecule has 1 unspecified atom stereocenters. The normalized spacial score (nSPS) is 15.1. The molecule has 5 nitrogen and oxygen atoms in total. The van der Waals surface area contributed by atoms with Crippen LogP contribution in [0, 0.1) is 0 Å². The summed E-state index contributed by atoms with van der Waals surface area (Å²) in [5, 5.41) is 9.63. The highest BCUT2D eigenvalue weighted by molar-refractivity contribution is 7.14. The molecule has 2 aromatic rings. The van der Waals surface area contributed by atoms with E-state index in [2.05, 4.69) is 27.3 Å². The lowest BCUT2D eigenvalue weighted by Crippen LogP contribution is -2.09. The summed E-state index contributed by atoms with van der Waals surface area (Å²) in [6.45, 7) is 1.81. The van der Waals surface area contributed by atoms with Crippen LogP contribution in [0.3, 0.4) is 0 Å². The Balaban J connectivity index is 1.61. The molecule has 0 spiro atoms. The molecule has 0 aromatic carbocycles. The number of hydrogen-bond donors (Lipinski definition) is 0. The van der Waals surface area contributed by atoms with E-state index < -0.39 is 6.10 Å². The highest BCUT2D eigenvalue weighted by Gasteiger charge is 2.18. The van der Waals surface area contributed by atoms with Gasteiger partial charge in [-0.2, -0.15) is 0 Å². The van der Waals surface area contributed by atoms with Crippen LogP contribution in [0.2, 0.25) is 0 Å². The summed E-state index contributed by atoms with van der Waals surface area (Å²) in [5.41, 5.74) is 1.78. The standard InChI is InChI=1S/C17H17N3O2S/c1-12(22-15(21)11-13-7-3-2-4-8-13)16-19-20-17(23-16)14-9-5-6-10-18-14/h3,5-10,12H,2,4,11H2,1H3. The van der Waals surface area contributed by atoms with Crippen LogP contribution in [0.4, 0.5) is 0 Å². The Bertz CT molecular complexity index is 737. The molecule has 1 atom stereocenters. The first-order valence-electron chi connectivity index (χ1n) is 7.52. The van der Waals surface area contributed by atoms with Gasteiger partial charge in [-0.15, -0.1) is 10.2 Å². The molecule has 118 valence electrons. The first-order chi connectivity index (χ1) is 11.2. The zero-order valence-electron chi connectivity index (χ0n) is 12.8. The SMILES string of the molecule is CC(OC(=O)CC1=CCCC=C1)c1nnc(-c2ccccn2)s1. The Morgan fingerprint density at radius 3 is 3.00 bits per heavy atom. The molecule has 0 saturated carbocycles. The van der Waals surface area contributed by atoms with Gasteiger partial charge in [-0.25, -0.2) is 0 Å². The number of allylic oxidation sites excluding steroid dienone is 3. The van der Waals surface area contributed by atoms with Gasteiger partial charge in [-0.3, -0.25) is 9.78 Å². The molecule has 0 aliphatic heterocycles. The van der Waals surface area contributed by atoms with E-state index in [1.165, 1.54) is 11.3 Å². The Morgan fingerprint density at radius 2 is 2.26 bits per heavy atom. The van der Waals surface area contributed by atoms with E-state index in [1.54, 1.807) is 6.20 Å². The number of esters is 1. The smallest absolute Gasteiger partial charge is 0.310 e. The summed E-state index contributed by atoms with van der Waals surface area (Å²) in [6, 6.07) is 5.63.